The lowest BCUT2D eigenvalue weighted by atomic mass is 9.48. The zero-order valence-corrected chi connectivity index (χ0v) is 8.61. The van der Waals surface area contributed by atoms with Gasteiger partial charge in [0.1, 0.15) is 0 Å². The Kier molecular flexibility index (Phi) is 1.47. The van der Waals surface area contributed by atoms with Crippen LogP contribution in [0.5, 0.6) is 0 Å². The van der Waals surface area contributed by atoms with Crippen LogP contribution in [0.1, 0.15) is 33.6 Å². The molecule has 13 heavy (non-hydrogen) atoms. The Morgan fingerprint density at radius 3 is 2.38 bits per heavy atom. The van der Waals surface area contributed by atoms with Gasteiger partial charge in [0.15, 0.2) is 0 Å². The Morgan fingerprint density at radius 2 is 2.00 bits per heavy atom. The van der Waals surface area contributed by atoms with Crippen molar-refractivity contribution in [1.29, 1.82) is 0 Å². The van der Waals surface area contributed by atoms with Crippen LogP contribution in [0, 0.1) is 16.7 Å². The SMILES string of the molecule is C=C1NC(=O)C2(C(C)(C)C)CC1C2. The Morgan fingerprint density at radius 1 is 1.46 bits per heavy atom. The van der Waals surface area contributed by atoms with Crippen LogP contribution in [0.15, 0.2) is 12.3 Å². The molecule has 1 N–H and O–H groups in total. The van der Waals surface area contributed by atoms with E-state index >= 15 is 0 Å². The van der Waals surface area contributed by atoms with E-state index in [1.165, 1.54) is 0 Å². The average Bonchev–Trinajstić information content (AvgIpc) is 1.77. The Balaban J connectivity index is 2.31. The van der Waals surface area contributed by atoms with Gasteiger partial charge >= 0.3 is 0 Å². The second kappa shape index (κ2) is 2.17. The Hall–Kier alpha value is -0.790. The number of piperidine rings is 2. The van der Waals surface area contributed by atoms with Crippen molar-refractivity contribution in [2.75, 3.05) is 0 Å². The molecule has 0 unspecified atom stereocenters. The molecule has 0 radical (unpaired) electrons. The van der Waals surface area contributed by atoms with E-state index in [-0.39, 0.29) is 16.7 Å². The third-order valence-corrected chi connectivity index (χ3v) is 3.83. The zero-order chi connectivity index (χ0) is 9.85. The normalized spacial score (nSPS) is 38.2. The number of nitrogens with one attached hydrogen (secondary N) is 1. The van der Waals surface area contributed by atoms with E-state index in [2.05, 4.69) is 32.7 Å². The minimum atomic E-state index is -0.112. The number of fused-ring (bicyclic) bond motifs is 2. The molecule has 2 heteroatoms. The first-order chi connectivity index (χ1) is 5.87. The van der Waals surface area contributed by atoms with Gasteiger partial charge in [0.25, 0.3) is 0 Å². The van der Waals surface area contributed by atoms with E-state index in [9.17, 15) is 4.79 Å². The first-order valence-electron chi connectivity index (χ1n) is 4.87. The van der Waals surface area contributed by atoms with Gasteiger partial charge in [-0.05, 0) is 18.3 Å². The van der Waals surface area contributed by atoms with Crippen LogP contribution < -0.4 is 5.32 Å². The van der Waals surface area contributed by atoms with Crippen molar-refractivity contribution in [3.63, 3.8) is 0 Å². The maximum atomic E-state index is 11.8. The number of carbonyl (C=O) groups excluding carboxylic acids is 1. The highest BCUT2D eigenvalue weighted by atomic mass is 16.2. The van der Waals surface area contributed by atoms with E-state index in [4.69, 9.17) is 0 Å². The summed E-state index contributed by atoms with van der Waals surface area (Å²) in [5.74, 6) is 0.726. The van der Waals surface area contributed by atoms with E-state index < -0.39 is 0 Å². The lowest BCUT2D eigenvalue weighted by Gasteiger charge is -2.58. The fourth-order valence-electron chi connectivity index (χ4n) is 2.53. The summed E-state index contributed by atoms with van der Waals surface area (Å²) in [6.07, 6.45) is 2.00. The zero-order valence-electron chi connectivity index (χ0n) is 8.61. The summed E-state index contributed by atoms with van der Waals surface area (Å²) in [6, 6.07) is 0. The first kappa shape index (κ1) is 8.79. The summed E-state index contributed by atoms with van der Waals surface area (Å²) in [5.41, 5.74) is 0.892. The lowest BCUT2D eigenvalue weighted by molar-refractivity contribution is -0.156. The molecule has 1 saturated carbocycles. The standard InChI is InChI=1S/C11H17NO/c1-7-8-5-11(6-8,9(13)12-7)10(2,3)4/h8H,1,5-6H2,2-4H3,(H,12,13). The predicted octanol–water partition coefficient (Wildman–Crippen LogP) is 2.07. The van der Waals surface area contributed by atoms with Crippen molar-refractivity contribution in [3.05, 3.63) is 12.3 Å². The molecular formula is C11H17NO. The minimum absolute atomic E-state index is 0.0777. The number of allylic oxidation sites excluding steroid dienone is 1. The molecule has 0 aromatic rings. The van der Waals surface area contributed by atoms with Gasteiger partial charge in [-0.1, -0.05) is 27.4 Å². The van der Waals surface area contributed by atoms with Crippen LogP contribution in [-0.2, 0) is 4.79 Å². The Bertz CT molecular complexity index is 279. The second-order valence-electron chi connectivity index (χ2n) is 5.42. The summed E-state index contributed by atoms with van der Waals surface area (Å²) < 4.78 is 0. The fourth-order valence-corrected chi connectivity index (χ4v) is 2.53. The Labute approximate surface area is 79.4 Å². The van der Waals surface area contributed by atoms with Gasteiger partial charge in [0.05, 0.1) is 5.41 Å². The first-order valence-corrected chi connectivity index (χ1v) is 4.87. The van der Waals surface area contributed by atoms with Crippen molar-refractivity contribution >= 4 is 5.91 Å². The number of rotatable bonds is 0. The number of hydrogen-bond acceptors (Lipinski definition) is 1. The van der Waals surface area contributed by atoms with E-state index in [0.29, 0.717) is 5.92 Å². The molecular weight excluding hydrogens is 162 g/mol. The molecule has 2 heterocycles. The predicted molar refractivity (Wildman–Crippen MR) is 51.9 cm³/mol. The fraction of sp³-hybridized carbons (Fsp3) is 0.727. The van der Waals surface area contributed by atoms with Gasteiger partial charge < -0.3 is 5.32 Å². The monoisotopic (exact) mass is 179 g/mol. The van der Waals surface area contributed by atoms with Gasteiger partial charge in [-0.3, -0.25) is 4.79 Å². The molecule has 2 bridgehead atoms. The van der Waals surface area contributed by atoms with Crippen LogP contribution in [0.4, 0.5) is 0 Å². The van der Waals surface area contributed by atoms with Gasteiger partial charge in [-0.15, -0.1) is 0 Å². The molecule has 2 aliphatic heterocycles. The van der Waals surface area contributed by atoms with E-state index in [0.717, 1.165) is 18.5 Å². The smallest absolute Gasteiger partial charge is 0.230 e. The van der Waals surface area contributed by atoms with Crippen molar-refractivity contribution in [1.82, 2.24) is 5.32 Å². The third-order valence-electron chi connectivity index (χ3n) is 3.83. The van der Waals surface area contributed by atoms with Crippen molar-refractivity contribution in [2.24, 2.45) is 16.7 Å². The molecule has 1 aliphatic carbocycles. The van der Waals surface area contributed by atoms with Gasteiger partial charge in [-0.25, -0.2) is 0 Å². The van der Waals surface area contributed by atoms with Gasteiger partial charge in [-0.2, -0.15) is 0 Å². The summed E-state index contributed by atoms with van der Waals surface area (Å²) in [7, 11) is 0. The maximum absolute atomic E-state index is 11.8. The molecule has 2 nitrogen and oxygen atoms in total. The van der Waals surface area contributed by atoms with E-state index in [1.54, 1.807) is 0 Å². The van der Waals surface area contributed by atoms with Crippen LogP contribution in [0.25, 0.3) is 0 Å². The van der Waals surface area contributed by atoms with Crippen molar-refractivity contribution in [3.8, 4) is 0 Å². The molecule has 0 spiro atoms. The summed E-state index contributed by atoms with van der Waals surface area (Å²) >= 11 is 0. The second-order valence-corrected chi connectivity index (χ2v) is 5.42. The number of amides is 1. The van der Waals surface area contributed by atoms with Crippen LogP contribution in [0.2, 0.25) is 0 Å². The van der Waals surface area contributed by atoms with Crippen molar-refractivity contribution in [2.45, 2.75) is 33.6 Å². The molecule has 1 amide bonds. The summed E-state index contributed by atoms with van der Waals surface area (Å²) in [5, 5.41) is 2.89. The molecule has 0 aromatic carbocycles. The van der Waals surface area contributed by atoms with Crippen LogP contribution in [0.3, 0.4) is 0 Å². The summed E-state index contributed by atoms with van der Waals surface area (Å²) in [6.45, 7) is 10.3. The number of carbonyl (C=O) groups is 1. The lowest BCUT2D eigenvalue weighted by Crippen LogP contribution is -2.62. The van der Waals surface area contributed by atoms with E-state index in [1.807, 2.05) is 0 Å². The number of hydrogen-bond donors (Lipinski definition) is 1. The van der Waals surface area contributed by atoms with Crippen LogP contribution >= 0.6 is 0 Å². The van der Waals surface area contributed by atoms with Crippen molar-refractivity contribution < 1.29 is 4.79 Å². The van der Waals surface area contributed by atoms with Gasteiger partial charge in [0.2, 0.25) is 5.91 Å². The highest BCUT2D eigenvalue weighted by Gasteiger charge is 2.60. The summed E-state index contributed by atoms with van der Waals surface area (Å²) in [4.78, 5) is 11.8. The van der Waals surface area contributed by atoms with Crippen LogP contribution in [-0.4, -0.2) is 5.91 Å². The molecule has 3 rings (SSSR count). The minimum Gasteiger partial charge on any atom is -0.330 e. The van der Waals surface area contributed by atoms with Gasteiger partial charge in [0, 0.05) is 11.6 Å². The molecule has 2 saturated heterocycles. The average molecular weight is 179 g/mol. The quantitative estimate of drug-likeness (QED) is 0.606. The molecule has 0 atom stereocenters. The molecule has 72 valence electrons. The highest BCUT2D eigenvalue weighted by Crippen LogP contribution is 2.60. The highest BCUT2D eigenvalue weighted by molar-refractivity contribution is 5.88. The topological polar surface area (TPSA) is 29.1 Å². The largest absolute Gasteiger partial charge is 0.330 e. The molecule has 3 aliphatic rings. The maximum Gasteiger partial charge on any atom is 0.230 e. The molecule has 3 fully saturated rings. The third kappa shape index (κ3) is 0.917. The molecule has 0 aromatic heterocycles.